The second kappa shape index (κ2) is 6.16. The summed E-state index contributed by atoms with van der Waals surface area (Å²) in [6.07, 6.45) is 0. The van der Waals surface area contributed by atoms with Crippen LogP contribution in [0, 0.1) is 6.92 Å². The molecule has 0 radical (unpaired) electrons. The first-order valence-electron chi connectivity index (χ1n) is 10.2. The van der Waals surface area contributed by atoms with E-state index in [0.717, 1.165) is 5.56 Å². The number of aryl methyl sites for hydroxylation is 1. The number of carbonyl (C=O) groups is 4. The highest BCUT2D eigenvalue weighted by atomic mass is 35.5. The Labute approximate surface area is 205 Å². The van der Waals surface area contributed by atoms with Gasteiger partial charge in [0.25, 0.3) is 23.6 Å². The summed E-state index contributed by atoms with van der Waals surface area (Å²) < 4.78 is 0. The lowest BCUT2D eigenvalue weighted by Gasteiger charge is -2.26. The molecule has 6 nitrogen and oxygen atoms in total. The number of hydrogen-bond acceptors (Lipinski definition) is 4. The van der Waals surface area contributed by atoms with E-state index in [4.69, 9.17) is 34.8 Å². The minimum atomic E-state index is -0.555. The summed E-state index contributed by atoms with van der Waals surface area (Å²) in [7, 11) is 0. The van der Waals surface area contributed by atoms with E-state index in [0.29, 0.717) is 48.7 Å². The number of nitrogens with one attached hydrogen (secondary N) is 2. The largest absolute Gasteiger partial charge is 0.288 e. The average Bonchev–Trinajstić information content (AvgIpc) is 2.77. The van der Waals surface area contributed by atoms with Gasteiger partial charge in [-0.15, -0.1) is 0 Å². The lowest BCUT2D eigenvalue weighted by Crippen LogP contribution is -2.35. The van der Waals surface area contributed by atoms with Crippen LogP contribution >= 0.6 is 34.8 Å². The van der Waals surface area contributed by atoms with Crippen LogP contribution in [0.15, 0.2) is 24.3 Å². The summed E-state index contributed by atoms with van der Waals surface area (Å²) in [4.78, 5) is 50.8. The van der Waals surface area contributed by atoms with Crippen LogP contribution in [0.25, 0.3) is 43.1 Å². The smallest absolute Gasteiger partial charge is 0.258 e. The quantitative estimate of drug-likeness (QED) is 0.158. The van der Waals surface area contributed by atoms with Gasteiger partial charge >= 0.3 is 0 Å². The highest BCUT2D eigenvalue weighted by Crippen LogP contribution is 2.52. The molecule has 2 aliphatic heterocycles. The van der Waals surface area contributed by atoms with Crippen molar-refractivity contribution in [1.82, 2.24) is 10.6 Å². The van der Waals surface area contributed by atoms with E-state index in [1.165, 1.54) is 18.2 Å². The van der Waals surface area contributed by atoms with Gasteiger partial charge in [-0.05, 0) is 42.1 Å². The van der Waals surface area contributed by atoms with E-state index in [-0.39, 0.29) is 31.8 Å². The first kappa shape index (κ1) is 20.0. The third kappa shape index (κ3) is 2.14. The van der Waals surface area contributed by atoms with Crippen LogP contribution in [-0.2, 0) is 0 Å². The lowest BCUT2D eigenvalue weighted by atomic mass is 9.81. The molecule has 0 saturated heterocycles. The molecule has 0 saturated carbocycles. The molecular weight excluding hydrogens is 499 g/mol. The van der Waals surface area contributed by atoms with E-state index in [9.17, 15) is 19.2 Å². The summed E-state index contributed by atoms with van der Waals surface area (Å²) >= 11 is 20.3. The molecule has 0 spiro atoms. The Balaban J connectivity index is 1.93. The van der Waals surface area contributed by atoms with Crippen molar-refractivity contribution in [2.45, 2.75) is 6.92 Å². The number of carbonyl (C=O) groups excluding carboxylic acids is 4. The molecule has 0 bridgehead atoms. The normalized spacial score (nSPS) is 15.2. The third-order valence-electron chi connectivity index (χ3n) is 6.79. The van der Waals surface area contributed by atoms with Crippen molar-refractivity contribution in [3.8, 4) is 0 Å². The molecule has 2 N–H and O–H groups in total. The number of imide groups is 2. The number of halogens is 3. The zero-order valence-electron chi connectivity index (χ0n) is 17.1. The molecule has 0 atom stereocenters. The summed E-state index contributed by atoms with van der Waals surface area (Å²) in [5.74, 6) is -2.16. The summed E-state index contributed by atoms with van der Waals surface area (Å²) in [6, 6.07) is 6.25. The Morgan fingerprint density at radius 2 is 0.794 bits per heavy atom. The molecule has 7 rings (SSSR count). The van der Waals surface area contributed by atoms with E-state index in [2.05, 4.69) is 10.6 Å². The predicted octanol–water partition coefficient (Wildman–Crippen LogP) is 5.77. The van der Waals surface area contributed by atoms with Crippen molar-refractivity contribution in [2.24, 2.45) is 0 Å². The first-order chi connectivity index (χ1) is 16.2. The fourth-order valence-corrected chi connectivity index (χ4v) is 6.45. The standard InChI is InChI=1S/C25H9Cl3N2O4/c1-6-2-7-15-8(23(32)29-22(7)31)4-12(27)18-19-13(28)5-10-16-9(24(33)30-25(10)34)3-11(26)17(21(16)19)14(6)20(15)18/h2-5H,1H3,(H,29,31,32)(H,30,33,34). The van der Waals surface area contributed by atoms with Crippen LogP contribution in [0.2, 0.25) is 15.1 Å². The van der Waals surface area contributed by atoms with Crippen LogP contribution in [0.1, 0.15) is 47.0 Å². The molecule has 0 aliphatic carbocycles. The molecule has 0 fully saturated rings. The van der Waals surface area contributed by atoms with E-state index >= 15 is 0 Å². The average molecular weight is 508 g/mol. The first-order valence-corrected chi connectivity index (χ1v) is 11.3. The molecule has 4 amide bonds. The minimum absolute atomic E-state index is 0.235. The van der Waals surface area contributed by atoms with Crippen LogP contribution < -0.4 is 10.6 Å². The molecule has 34 heavy (non-hydrogen) atoms. The van der Waals surface area contributed by atoms with Gasteiger partial charge in [-0.2, -0.15) is 0 Å². The summed E-state index contributed by atoms with van der Waals surface area (Å²) in [5.41, 5.74) is 1.86. The zero-order valence-corrected chi connectivity index (χ0v) is 19.3. The zero-order chi connectivity index (χ0) is 23.8. The molecule has 5 aromatic rings. The number of rotatable bonds is 0. The molecule has 0 unspecified atom stereocenters. The highest BCUT2D eigenvalue weighted by Gasteiger charge is 2.34. The monoisotopic (exact) mass is 506 g/mol. The van der Waals surface area contributed by atoms with Gasteiger partial charge in [-0.25, -0.2) is 0 Å². The third-order valence-corrected chi connectivity index (χ3v) is 7.69. The Kier molecular flexibility index (Phi) is 3.62. The Morgan fingerprint density at radius 1 is 0.471 bits per heavy atom. The number of fused-ring (bicyclic) bond motifs is 2. The Hall–Kier alpha value is -3.45. The molecular formula is C25H9Cl3N2O4. The Bertz CT molecular complexity index is 1660. The summed E-state index contributed by atoms with van der Waals surface area (Å²) in [5, 5.41) is 9.76. The second-order valence-electron chi connectivity index (χ2n) is 8.53. The second-order valence-corrected chi connectivity index (χ2v) is 9.75. The van der Waals surface area contributed by atoms with Crippen LogP contribution in [0.4, 0.5) is 0 Å². The molecule has 2 heterocycles. The fraction of sp³-hybridized carbons (Fsp3) is 0.0400. The SMILES string of the molecule is Cc1cc2c3c(cc(Cl)c4c5c(Cl)cc6c7c(cc(Cl)c(c1c34)c75)C(=O)NC6=O)C(=O)NC2=O. The van der Waals surface area contributed by atoms with Crippen molar-refractivity contribution in [3.63, 3.8) is 0 Å². The van der Waals surface area contributed by atoms with Crippen LogP contribution in [-0.4, -0.2) is 23.6 Å². The van der Waals surface area contributed by atoms with E-state index in [1.807, 2.05) is 6.92 Å². The van der Waals surface area contributed by atoms with Crippen LogP contribution in [0.5, 0.6) is 0 Å². The molecule has 5 aromatic carbocycles. The van der Waals surface area contributed by atoms with Gasteiger partial charge in [-0.1, -0.05) is 34.8 Å². The highest BCUT2D eigenvalue weighted by molar-refractivity contribution is 6.54. The van der Waals surface area contributed by atoms with Gasteiger partial charge < -0.3 is 0 Å². The van der Waals surface area contributed by atoms with Gasteiger partial charge in [0.1, 0.15) is 0 Å². The van der Waals surface area contributed by atoms with Gasteiger partial charge in [0.2, 0.25) is 0 Å². The molecule has 9 heteroatoms. The Morgan fingerprint density at radius 3 is 1.21 bits per heavy atom. The van der Waals surface area contributed by atoms with E-state index < -0.39 is 23.6 Å². The van der Waals surface area contributed by atoms with Crippen molar-refractivity contribution in [2.75, 3.05) is 0 Å². The van der Waals surface area contributed by atoms with Crippen molar-refractivity contribution < 1.29 is 19.2 Å². The number of hydrogen-bond donors (Lipinski definition) is 2. The summed E-state index contributed by atoms with van der Waals surface area (Å²) in [6.45, 7) is 1.83. The molecule has 0 aromatic heterocycles. The van der Waals surface area contributed by atoms with Crippen LogP contribution in [0.3, 0.4) is 0 Å². The van der Waals surface area contributed by atoms with Gasteiger partial charge in [0.15, 0.2) is 0 Å². The number of amides is 4. The van der Waals surface area contributed by atoms with E-state index in [1.54, 1.807) is 6.07 Å². The lowest BCUT2D eigenvalue weighted by molar-refractivity contribution is 0.0828. The maximum Gasteiger partial charge on any atom is 0.258 e. The number of benzene rings is 5. The molecule has 2 aliphatic rings. The topological polar surface area (TPSA) is 92.3 Å². The maximum absolute atomic E-state index is 12.7. The van der Waals surface area contributed by atoms with Crippen molar-refractivity contribution >= 4 is 102 Å². The van der Waals surface area contributed by atoms with Gasteiger partial charge in [0, 0.05) is 75.0 Å². The van der Waals surface area contributed by atoms with Crippen molar-refractivity contribution in [3.05, 3.63) is 67.2 Å². The van der Waals surface area contributed by atoms with Gasteiger partial charge in [0.05, 0.1) is 0 Å². The maximum atomic E-state index is 12.7. The van der Waals surface area contributed by atoms with Crippen molar-refractivity contribution in [1.29, 1.82) is 0 Å². The predicted molar refractivity (Wildman–Crippen MR) is 131 cm³/mol. The molecule has 164 valence electrons. The minimum Gasteiger partial charge on any atom is -0.288 e. The van der Waals surface area contributed by atoms with Gasteiger partial charge in [-0.3, -0.25) is 29.8 Å². The fourth-order valence-electron chi connectivity index (χ4n) is 5.56.